The van der Waals surface area contributed by atoms with Gasteiger partial charge in [0, 0.05) is 11.1 Å². The first-order valence-electron chi connectivity index (χ1n) is 5.01. The van der Waals surface area contributed by atoms with Crippen LogP contribution in [0.15, 0.2) is 17.1 Å². The summed E-state index contributed by atoms with van der Waals surface area (Å²) in [7, 11) is 0. The van der Waals surface area contributed by atoms with E-state index in [4.69, 9.17) is 0 Å². The maximum atomic E-state index is 11.7. The van der Waals surface area contributed by atoms with Gasteiger partial charge in [0.25, 0.3) is 5.56 Å². The number of aromatic amines is 1. The van der Waals surface area contributed by atoms with Crippen LogP contribution in [0, 0.1) is 13.8 Å². The molecule has 82 valence electrons. The van der Waals surface area contributed by atoms with E-state index >= 15 is 0 Å². The number of hydrogen-bond acceptors (Lipinski definition) is 3. The highest BCUT2D eigenvalue weighted by Gasteiger charge is 2.12. The van der Waals surface area contributed by atoms with Gasteiger partial charge < -0.3 is 4.98 Å². The molecule has 0 atom stereocenters. The van der Waals surface area contributed by atoms with Gasteiger partial charge in [0.05, 0.1) is 17.3 Å². The minimum absolute atomic E-state index is 0.213. The standard InChI is InChI=1S/C12H12N2O2/c1-6-4-9-7(2)11(8(3)15)12(16)14-10(9)5-13-6/h4-5H,1-3H3,(H,14,16). The molecule has 0 spiro atoms. The topological polar surface area (TPSA) is 62.8 Å². The van der Waals surface area contributed by atoms with Crippen molar-refractivity contribution < 1.29 is 4.79 Å². The molecule has 0 saturated carbocycles. The van der Waals surface area contributed by atoms with Gasteiger partial charge in [-0.2, -0.15) is 0 Å². The molecule has 4 heteroatoms. The van der Waals surface area contributed by atoms with E-state index in [0.29, 0.717) is 5.52 Å². The summed E-state index contributed by atoms with van der Waals surface area (Å²) in [6, 6.07) is 1.87. The van der Waals surface area contributed by atoms with E-state index in [1.165, 1.54) is 6.92 Å². The number of aromatic nitrogens is 2. The zero-order valence-corrected chi connectivity index (χ0v) is 9.42. The Bertz CT molecular complexity index is 641. The second kappa shape index (κ2) is 3.56. The highest BCUT2D eigenvalue weighted by Crippen LogP contribution is 2.17. The number of carbonyl (C=O) groups is 1. The zero-order chi connectivity index (χ0) is 11.9. The van der Waals surface area contributed by atoms with Crippen LogP contribution in [0.4, 0.5) is 0 Å². The van der Waals surface area contributed by atoms with Gasteiger partial charge in [-0.25, -0.2) is 0 Å². The fourth-order valence-corrected chi connectivity index (χ4v) is 1.88. The lowest BCUT2D eigenvalue weighted by atomic mass is 10.0. The van der Waals surface area contributed by atoms with Crippen LogP contribution in [0.1, 0.15) is 28.5 Å². The van der Waals surface area contributed by atoms with Crippen molar-refractivity contribution in [2.45, 2.75) is 20.8 Å². The number of pyridine rings is 2. The summed E-state index contributed by atoms with van der Waals surface area (Å²) < 4.78 is 0. The lowest BCUT2D eigenvalue weighted by molar-refractivity contribution is 0.101. The number of rotatable bonds is 1. The van der Waals surface area contributed by atoms with Crippen LogP contribution in [0.3, 0.4) is 0 Å². The predicted octanol–water partition coefficient (Wildman–Crippen LogP) is 1.74. The average molecular weight is 216 g/mol. The lowest BCUT2D eigenvalue weighted by Crippen LogP contribution is -2.18. The van der Waals surface area contributed by atoms with Crippen LogP contribution >= 0.6 is 0 Å². The molecule has 0 aliphatic carbocycles. The van der Waals surface area contributed by atoms with Crippen molar-refractivity contribution in [3.63, 3.8) is 0 Å². The van der Waals surface area contributed by atoms with Crippen molar-refractivity contribution in [2.75, 3.05) is 0 Å². The number of nitrogens with zero attached hydrogens (tertiary/aromatic N) is 1. The fraction of sp³-hybridized carbons (Fsp3) is 0.250. The van der Waals surface area contributed by atoms with Crippen LogP contribution in [-0.2, 0) is 0 Å². The van der Waals surface area contributed by atoms with E-state index in [1.54, 1.807) is 13.1 Å². The summed E-state index contributed by atoms with van der Waals surface area (Å²) in [6.07, 6.45) is 1.61. The molecular formula is C12H12N2O2. The molecule has 0 fully saturated rings. The van der Waals surface area contributed by atoms with Gasteiger partial charge in [0.1, 0.15) is 0 Å². The van der Waals surface area contributed by atoms with Crippen molar-refractivity contribution in [3.05, 3.63) is 39.4 Å². The Hall–Kier alpha value is -1.97. The van der Waals surface area contributed by atoms with E-state index in [-0.39, 0.29) is 16.9 Å². The number of fused-ring (bicyclic) bond motifs is 1. The van der Waals surface area contributed by atoms with E-state index < -0.39 is 0 Å². The Kier molecular flexibility index (Phi) is 2.34. The summed E-state index contributed by atoms with van der Waals surface area (Å²) in [5.41, 5.74) is 2.13. The number of H-pyrrole nitrogens is 1. The molecule has 2 heterocycles. The molecule has 0 aliphatic rings. The molecule has 0 unspecified atom stereocenters. The fourth-order valence-electron chi connectivity index (χ4n) is 1.88. The third-order valence-corrected chi connectivity index (χ3v) is 2.65. The Morgan fingerprint density at radius 2 is 2.06 bits per heavy atom. The largest absolute Gasteiger partial charge is 0.320 e. The summed E-state index contributed by atoms with van der Waals surface area (Å²) in [5, 5.41) is 0.873. The first-order chi connectivity index (χ1) is 7.50. The molecule has 2 rings (SSSR count). The SMILES string of the molecule is CC(=O)c1c(C)c2cc(C)ncc2[nH]c1=O. The van der Waals surface area contributed by atoms with Crippen molar-refractivity contribution in [3.8, 4) is 0 Å². The van der Waals surface area contributed by atoms with Crippen molar-refractivity contribution in [1.82, 2.24) is 9.97 Å². The number of Topliss-reactive ketones (excluding diaryl/α,β-unsaturated/α-hetero) is 1. The number of carbonyl (C=O) groups excluding carboxylic acids is 1. The number of nitrogens with one attached hydrogen (secondary N) is 1. The molecule has 0 bridgehead atoms. The van der Waals surface area contributed by atoms with Crippen molar-refractivity contribution in [1.29, 1.82) is 0 Å². The summed E-state index contributed by atoms with van der Waals surface area (Å²) in [4.78, 5) is 29.8. The van der Waals surface area contributed by atoms with E-state index in [1.807, 2.05) is 13.0 Å². The number of aryl methyl sites for hydroxylation is 2. The van der Waals surface area contributed by atoms with Gasteiger partial charge in [-0.1, -0.05) is 0 Å². The zero-order valence-electron chi connectivity index (χ0n) is 9.42. The quantitative estimate of drug-likeness (QED) is 0.738. The normalized spacial score (nSPS) is 10.7. The first-order valence-corrected chi connectivity index (χ1v) is 5.01. The minimum atomic E-state index is -0.344. The highest BCUT2D eigenvalue weighted by atomic mass is 16.1. The Balaban J connectivity index is 2.96. The Morgan fingerprint density at radius 1 is 1.38 bits per heavy atom. The molecule has 0 amide bonds. The second-order valence-corrected chi connectivity index (χ2v) is 3.88. The van der Waals surface area contributed by atoms with Crippen LogP contribution in [0.2, 0.25) is 0 Å². The van der Waals surface area contributed by atoms with Crippen LogP contribution < -0.4 is 5.56 Å². The van der Waals surface area contributed by atoms with Gasteiger partial charge in [0.15, 0.2) is 5.78 Å². The van der Waals surface area contributed by atoms with E-state index in [9.17, 15) is 9.59 Å². The van der Waals surface area contributed by atoms with Crippen molar-refractivity contribution in [2.24, 2.45) is 0 Å². The van der Waals surface area contributed by atoms with Gasteiger partial charge in [-0.05, 0) is 32.4 Å². The number of hydrogen-bond donors (Lipinski definition) is 1. The summed E-state index contributed by atoms with van der Waals surface area (Å²) in [5.74, 6) is -0.213. The molecule has 0 radical (unpaired) electrons. The lowest BCUT2D eigenvalue weighted by Gasteiger charge is -2.06. The number of ketones is 1. The molecule has 2 aromatic rings. The third kappa shape index (κ3) is 1.52. The molecule has 4 nitrogen and oxygen atoms in total. The van der Waals surface area contributed by atoms with Gasteiger partial charge in [0.2, 0.25) is 0 Å². The monoisotopic (exact) mass is 216 g/mol. The molecule has 0 aromatic carbocycles. The molecule has 0 aliphatic heterocycles. The molecule has 1 N–H and O–H groups in total. The van der Waals surface area contributed by atoms with E-state index in [2.05, 4.69) is 9.97 Å². The summed E-state index contributed by atoms with van der Waals surface area (Å²) >= 11 is 0. The predicted molar refractivity (Wildman–Crippen MR) is 61.8 cm³/mol. The highest BCUT2D eigenvalue weighted by molar-refractivity contribution is 5.99. The Morgan fingerprint density at radius 3 is 2.69 bits per heavy atom. The molecule has 16 heavy (non-hydrogen) atoms. The second-order valence-electron chi connectivity index (χ2n) is 3.88. The van der Waals surface area contributed by atoms with Crippen LogP contribution in [0.5, 0.6) is 0 Å². The van der Waals surface area contributed by atoms with Crippen molar-refractivity contribution >= 4 is 16.7 Å². The summed E-state index contributed by atoms with van der Waals surface area (Å²) in [6.45, 7) is 5.06. The average Bonchev–Trinajstić information content (AvgIpc) is 2.19. The molecule has 2 aromatic heterocycles. The smallest absolute Gasteiger partial charge is 0.259 e. The van der Waals surface area contributed by atoms with Gasteiger partial charge in [-0.3, -0.25) is 14.6 Å². The van der Waals surface area contributed by atoms with E-state index in [0.717, 1.165) is 16.6 Å². The Labute approximate surface area is 92.3 Å². The maximum Gasteiger partial charge on any atom is 0.259 e. The van der Waals surface area contributed by atoms with Gasteiger partial charge in [-0.15, -0.1) is 0 Å². The third-order valence-electron chi connectivity index (χ3n) is 2.65. The van der Waals surface area contributed by atoms with Crippen LogP contribution in [-0.4, -0.2) is 15.8 Å². The first kappa shape index (κ1) is 10.5. The minimum Gasteiger partial charge on any atom is -0.320 e. The van der Waals surface area contributed by atoms with Gasteiger partial charge >= 0.3 is 0 Å². The van der Waals surface area contributed by atoms with Crippen LogP contribution in [0.25, 0.3) is 10.9 Å². The molecular weight excluding hydrogens is 204 g/mol. The molecule has 0 saturated heterocycles. The maximum absolute atomic E-state index is 11.7.